The van der Waals surface area contributed by atoms with E-state index in [4.69, 9.17) is 21.4 Å². The van der Waals surface area contributed by atoms with Crippen LogP contribution in [0, 0.1) is 0 Å². The number of nitrogens with two attached hydrogens (primary N) is 2. The minimum atomic E-state index is -1.02. The quantitative estimate of drug-likeness (QED) is 0.307. The van der Waals surface area contributed by atoms with Crippen molar-refractivity contribution < 1.29 is 29.1 Å². The summed E-state index contributed by atoms with van der Waals surface area (Å²) in [5, 5.41) is 16.5. The smallest absolute Gasteiger partial charge is 0.337 e. The molecule has 0 bridgehead atoms. The Hall–Kier alpha value is -3.68. The average molecular weight is 615 g/mol. The molecule has 0 radical (unpaired) electrons. The molecule has 10 nitrogen and oxygen atoms in total. The number of nitrogens with one attached hydrogen (secondary N) is 1. The normalized spacial score (nSPS) is 17.3. The highest BCUT2D eigenvalue weighted by Crippen LogP contribution is 2.43. The molecular weight excluding hydrogens is 585 g/mol. The molecule has 1 unspecified atom stereocenters. The molecule has 6 N–H and O–H groups in total. The molecule has 0 spiro atoms. The minimum absolute atomic E-state index is 0.164. The lowest BCUT2D eigenvalue weighted by molar-refractivity contribution is -0.132. The van der Waals surface area contributed by atoms with Crippen molar-refractivity contribution in [3.05, 3.63) is 66.2 Å². The molecule has 0 fully saturated rings. The molecule has 3 aromatic heterocycles. The number of amides is 3. The third-order valence-electron chi connectivity index (χ3n) is 7.33. The fourth-order valence-corrected chi connectivity index (χ4v) is 8.66. The molecule has 0 saturated carbocycles. The van der Waals surface area contributed by atoms with Gasteiger partial charge in [0.15, 0.2) is 0 Å². The molecule has 3 aliphatic rings. The van der Waals surface area contributed by atoms with Crippen molar-refractivity contribution in [2.75, 3.05) is 10.4 Å². The summed E-state index contributed by atoms with van der Waals surface area (Å²) >= 11 is 4.34. The zero-order valence-electron chi connectivity index (χ0n) is 22.4. The zero-order chi connectivity index (χ0) is 29.3. The maximum atomic E-state index is 12.1. The van der Waals surface area contributed by atoms with Crippen molar-refractivity contribution in [1.82, 2.24) is 0 Å². The van der Waals surface area contributed by atoms with Gasteiger partial charge in [-0.15, -0.1) is 34.0 Å². The number of carboxylic acids is 1. The Balaban J connectivity index is 0.000000165. The summed E-state index contributed by atoms with van der Waals surface area (Å²) in [5.74, 6) is -2.14. The lowest BCUT2D eigenvalue weighted by atomic mass is 9.95. The van der Waals surface area contributed by atoms with Gasteiger partial charge < -0.3 is 26.7 Å². The SMILES string of the molecule is CC1C(C(=O)O)=CON1c1sc2c(c1C(N)=O)CCCC2.NC(=O)c1c(NC(=O)c2cccs2)sc2c1CCCC2. The number of hydroxylamine groups is 1. The summed E-state index contributed by atoms with van der Waals surface area (Å²) in [5.41, 5.74) is 14.2. The maximum Gasteiger partial charge on any atom is 0.337 e. The first-order valence-corrected chi connectivity index (χ1v) is 15.8. The molecule has 6 rings (SSSR count). The van der Waals surface area contributed by atoms with Crippen LogP contribution in [-0.2, 0) is 35.3 Å². The van der Waals surface area contributed by atoms with Gasteiger partial charge in [0.05, 0.1) is 16.0 Å². The Morgan fingerprint density at radius 2 is 1.56 bits per heavy atom. The Morgan fingerprint density at radius 3 is 2.12 bits per heavy atom. The first-order chi connectivity index (χ1) is 19.7. The van der Waals surface area contributed by atoms with Crippen molar-refractivity contribution in [2.45, 2.75) is 64.3 Å². The summed E-state index contributed by atoms with van der Waals surface area (Å²) in [4.78, 5) is 55.2. The summed E-state index contributed by atoms with van der Waals surface area (Å²) in [6, 6.07) is 3.13. The van der Waals surface area contributed by atoms with Gasteiger partial charge in [-0.05, 0) is 80.9 Å². The lowest BCUT2D eigenvalue weighted by Crippen LogP contribution is -2.31. The van der Waals surface area contributed by atoms with E-state index in [1.54, 1.807) is 13.0 Å². The molecule has 4 heterocycles. The monoisotopic (exact) mass is 614 g/mol. The largest absolute Gasteiger partial charge is 0.478 e. The number of carbonyl (C=O) groups excluding carboxylic acids is 3. The average Bonchev–Trinajstić information content (AvgIpc) is 3.72. The Kier molecular flexibility index (Phi) is 8.47. The third kappa shape index (κ3) is 5.74. The fourth-order valence-electron chi connectivity index (χ4n) is 5.33. The number of anilines is 2. The zero-order valence-corrected chi connectivity index (χ0v) is 24.8. The van der Waals surface area contributed by atoms with Crippen LogP contribution in [0.2, 0.25) is 0 Å². The van der Waals surface area contributed by atoms with Crippen molar-refractivity contribution in [1.29, 1.82) is 0 Å². The van der Waals surface area contributed by atoms with Crippen LogP contribution < -0.4 is 21.8 Å². The van der Waals surface area contributed by atoms with Crippen molar-refractivity contribution >= 4 is 67.7 Å². The van der Waals surface area contributed by atoms with E-state index in [1.165, 1.54) is 50.2 Å². The van der Waals surface area contributed by atoms with Crippen LogP contribution in [0.4, 0.5) is 10.0 Å². The van der Waals surface area contributed by atoms with E-state index in [0.717, 1.165) is 67.4 Å². The van der Waals surface area contributed by atoms with Gasteiger partial charge in [-0.2, -0.15) is 5.06 Å². The van der Waals surface area contributed by atoms with Gasteiger partial charge in [0, 0.05) is 9.75 Å². The molecule has 1 atom stereocenters. The van der Waals surface area contributed by atoms with Crippen molar-refractivity contribution in [2.24, 2.45) is 11.5 Å². The summed E-state index contributed by atoms with van der Waals surface area (Å²) < 4.78 is 0. The molecule has 216 valence electrons. The van der Waals surface area contributed by atoms with E-state index in [2.05, 4.69) is 5.32 Å². The van der Waals surface area contributed by atoms with Gasteiger partial charge >= 0.3 is 5.97 Å². The van der Waals surface area contributed by atoms with Gasteiger partial charge in [0.25, 0.3) is 17.7 Å². The fraction of sp³-hybridized carbons (Fsp3) is 0.357. The lowest BCUT2D eigenvalue weighted by Gasteiger charge is -2.22. The molecule has 41 heavy (non-hydrogen) atoms. The Labute approximate surface area is 248 Å². The predicted octanol–water partition coefficient (Wildman–Crippen LogP) is 4.87. The Bertz CT molecular complexity index is 1540. The molecule has 3 amide bonds. The predicted molar refractivity (Wildman–Crippen MR) is 160 cm³/mol. The van der Waals surface area contributed by atoms with Crippen LogP contribution >= 0.6 is 34.0 Å². The summed E-state index contributed by atoms with van der Waals surface area (Å²) in [6.45, 7) is 1.73. The highest BCUT2D eigenvalue weighted by molar-refractivity contribution is 7.17. The number of aryl methyl sites for hydroxylation is 2. The number of carboxylic acid groups (broad SMARTS) is 1. The first-order valence-electron chi connectivity index (χ1n) is 13.3. The molecule has 3 aromatic rings. The minimum Gasteiger partial charge on any atom is -0.478 e. The van der Waals surface area contributed by atoms with Gasteiger partial charge in [0.1, 0.15) is 27.9 Å². The van der Waals surface area contributed by atoms with Crippen molar-refractivity contribution in [3.63, 3.8) is 0 Å². The van der Waals surface area contributed by atoms with Gasteiger partial charge in [-0.1, -0.05) is 6.07 Å². The number of nitrogens with zero attached hydrogens (tertiary/aromatic N) is 1. The molecule has 13 heteroatoms. The summed E-state index contributed by atoms with van der Waals surface area (Å²) in [7, 11) is 0. The van der Waals surface area contributed by atoms with E-state index in [9.17, 15) is 19.2 Å². The molecule has 0 saturated heterocycles. The van der Waals surface area contributed by atoms with Crippen LogP contribution in [-0.4, -0.2) is 34.8 Å². The number of fused-ring (bicyclic) bond motifs is 2. The highest BCUT2D eigenvalue weighted by atomic mass is 32.1. The molecule has 0 aromatic carbocycles. The Morgan fingerprint density at radius 1 is 0.951 bits per heavy atom. The summed E-state index contributed by atoms with van der Waals surface area (Å²) in [6.07, 6.45) is 9.17. The van der Waals surface area contributed by atoms with E-state index in [-0.39, 0.29) is 11.5 Å². The number of primary amides is 2. The maximum absolute atomic E-state index is 12.1. The number of aliphatic carboxylic acids is 1. The van der Waals surface area contributed by atoms with Gasteiger partial charge in [-0.3, -0.25) is 14.4 Å². The van der Waals surface area contributed by atoms with Crippen LogP contribution in [0.25, 0.3) is 0 Å². The van der Waals surface area contributed by atoms with Crippen LogP contribution in [0.5, 0.6) is 0 Å². The number of thiophene rings is 3. The second-order valence-corrected chi connectivity index (χ2v) is 13.1. The molecule has 2 aliphatic carbocycles. The van der Waals surface area contributed by atoms with Crippen LogP contribution in [0.1, 0.15) is 83.9 Å². The number of hydrogen-bond donors (Lipinski definition) is 4. The van der Waals surface area contributed by atoms with Crippen LogP contribution in [0.15, 0.2) is 29.3 Å². The van der Waals surface area contributed by atoms with Gasteiger partial charge in [-0.25, -0.2) is 4.79 Å². The number of carbonyl (C=O) groups is 4. The second kappa shape index (κ2) is 12.0. The van der Waals surface area contributed by atoms with E-state index < -0.39 is 23.8 Å². The van der Waals surface area contributed by atoms with E-state index in [1.807, 2.05) is 11.4 Å². The second-order valence-electron chi connectivity index (χ2n) is 9.95. The topological polar surface area (TPSA) is 165 Å². The number of hydrogen-bond acceptors (Lipinski definition) is 9. The first kappa shape index (κ1) is 28.8. The molecular formula is C28H30N4O6S3. The highest BCUT2D eigenvalue weighted by Gasteiger charge is 2.36. The number of rotatable bonds is 6. The van der Waals surface area contributed by atoms with E-state index in [0.29, 0.717) is 26.0 Å². The standard InChI is InChI=1S/C14H16N2O4S.C14H14N2O2S2/c1-7-9(14(18)19)6-20-16(7)13-11(12(15)17)8-4-2-3-5-10(8)21-13;15-12(17)11-8-4-1-2-5-9(8)20-14(11)16-13(18)10-6-3-7-19-10/h6-7H,2-5H2,1H3,(H2,15,17)(H,18,19);3,6-7H,1-2,4-5H2,(H2,15,17)(H,16,18). The van der Waals surface area contributed by atoms with Crippen molar-refractivity contribution in [3.8, 4) is 0 Å². The van der Waals surface area contributed by atoms with E-state index >= 15 is 0 Å². The van der Waals surface area contributed by atoms with Crippen LogP contribution in [0.3, 0.4) is 0 Å². The van der Waals surface area contributed by atoms with Gasteiger partial charge in [0.2, 0.25) is 0 Å². The molecule has 1 aliphatic heterocycles. The third-order valence-corrected chi connectivity index (χ3v) is 10.7.